The maximum Gasteiger partial charge on any atom is 0.296 e. The van der Waals surface area contributed by atoms with Crippen molar-refractivity contribution in [3.8, 4) is 189 Å². The average molecular weight is 688 g/mol. The predicted octanol–water partition coefficient (Wildman–Crippen LogP) is 8.96. The second-order valence-corrected chi connectivity index (χ2v) is 7.97. The highest BCUT2D eigenvalue weighted by Crippen LogP contribution is 2.13. The summed E-state index contributed by atoms with van der Waals surface area (Å²) in [6, 6.07) is 0. The highest BCUT2D eigenvalue weighted by molar-refractivity contribution is 5.94. The van der Waals surface area contributed by atoms with Crippen LogP contribution >= 0.6 is 0 Å². The summed E-state index contributed by atoms with van der Waals surface area (Å²) >= 11 is 0. The first-order valence-electron chi connectivity index (χ1n) is 14.8. The number of hydrogen-bond donors (Lipinski definition) is 1. The quantitative estimate of drug-likeness (QED) is 0.293. The lowest BCUT2D eigenvalue weighted by molar-refractivity contribution is -0.115. The normalized spacial score (nSPS) is 9.86. The van der Waals surface area contributed by atoms with Gasteiger partial charge in [0.15, 0.2) is 0 Å². The molecule has 1 amide bonds. The minimum absolute atomic E-state index is 0. The van der Waals surface area contributed by atoms with Crippen molar-refractivity contribution in [2.45, 2.75) is 47.2 Å². The summed E-state index contributed by atoms with van der Waals surface area (Å²) in [4.78, 5) is 16.5. The number of nitrogens with zero attached hydrogens (tertiary/aromatic N) is 2. The molecule has 0 radical (unpaired) electrons. The molecule has 1 atom stereocenters. The molecule has 4 heteroatoms. The van der Waals surface area contributed by atoms with Crippen molar-refractivity contribution in [1.82, 2.24) is 15.1 Å². The maximum absolute atomic E-state index is 12.1. The lowest BCUT2D eigenvalue weighted by atomic mass is 10.3. The Morgan fingerprint density at radius 3 is 1.22 bits per heavy atom. The Balaban J connectivity index is -0.0000000245. The Bertz CT molecular complexity index is 2320. The molecule has 1 fully saturated rings. The fourth-order valence-electron chi connectivity index (χ4n) is 3.09. The van der Waals surface area contributed by atoms with Crippen LogP contribution in [0.4, 0.5) is 0 Å². The van der Waals surface area contributed by atoms with Crippen LogP contribution in [0.25, 0.3) is 0 Å². The van der Waals surface area contributed by atoms with Gasteiger partial charge in [-0.05, 0) is 186 Å². The van der Waals surface area contributed by atoms with Gasteiger partial charge < -0.3 is 5.32 Å². The molecule has 1 aliphatic heterocycles. The molecule has 1 rings (SSSR count). The van der Waals surface area contributed by atoms with Gasteiger partial charge in [0.1, 0.15) is 6.17 Å². The summed E-state index contributed by atoms with van der Waals surface area (Å²) in [5.74, 6) is 82.2. The molecule has 1 N–H and O–H groups in total. The smallest absolute Gasteiger partial charge is 0.296 e. The van der Waals surface area contributed by atoms with Crippen LogP contribution in [0.1, 0.15) is 83.8 Å². The minimum Gasteiger partial charge on any atom is -0.344 e. The molecule has 0 aromatic carbocycles. The van der Waals surface area contributed by atoms with E-state index in [0.717, 1.165) is 26.1 Å². The summed E-state index contributed by atoms with van der Waals surface area (Å²) in [5.41, 5.74) is 0. The molecule has 0 spiro atoms. The van der Waals surface area contributed by atoms with E-state index in [1.807, 2.05) is 13.8 Å². The molecule has 1 saturated heterocycles. The van der Waals surface area contributed by atoms with E-state index in [-0.39, 0.29) is 49.0 Å². The topological polar surface area (TPSA) is 35.6 Å². The number of amides is 1. The van der Waals surface area contributed by atoms with Crippen molar-refractivity contribution < 1.29 is 47.6 Å². The van der Waals surface area contributed by atoms with E-state index in [1.165, 1.54) is 0 Å². The Labute approximate surface area is 339 Å². The van der Waals surface area contributed by atoms with Gasteiger partial charge in [-0.3, -0.25) is 14.6 Å². The third-order valence-corrected chi connectivity index (χ3v) is 4.81. The van der Waals surface area contributed by atoms with Gasteiger partial charge in [0, 0.05) is 81.4 Å². The van der Waals surface area contributed by atoms with Crippen molar-refractivity contribution in [3.63, 3.8) is 0 Å². The van der Waals surface area contributed by atoms with Crippen molar-refractivity contribution in [2.75, 3.05) is 32.7 Å². The number of carbonyl (C=O) groups excluding carboxylic acids is 1. The molecule has 4 nitrogen and oxygen atoms in total. The summed E-state index contributed by atoms with van der Waals surface area (Å²) in [6.45, 7) is 13.1. The van der Waals surface area contributed by atoms with Crippen LogP contribution < -0.4 is 5.32 Å². The summed E-state index contributed by atoms with van der Waals surface area (Å²) in [7, 11) is 0. The third-order valence-electron chi connectivity index (χ3n) is 4.81. The largest absolute Gasteiger partial charge is 0.344 e. The second kappa shape index (κ2) is 33.2. The molecule has 0 saturated carbocycles. The highest BCUT2D eigenvalue weighted by Gasteiger charge is 2.29. The fraction of sp³-hybridized carbons (Fsp3) is 0.267. The van der Waals surface area contributed by atoms with Gasteiger partial charge in [-0.15, -0.1) is 0 Å². The number of nitrogens with one attached hydrogen (secondary N) is 1. The van der Waals surface area contributed by atoms with Crippen LogP contribution in [0.3, 0.4) is 0 Å². The van der Waals surface area contributed by atoms with Gasteiger partial charge >= 0.3 is 0 Å². The van der Waals surface area contributed by atoms with E-state index >= 15 is 0 Å². The molecule has 290 valence electrons. The molecule has 1 unspecified atom stereocenters. The molecule has 1 heterocycles. The first-order valence-corrected chi connectivity index (χ1v) is 14.8. The van der Waals surface area contributed by atoms with Crippen LogP contribution in [-0.4, -0.2) is 54.6 Å². The number of hydrogen-bond acceptors (Lipinski definition) is 3. The van der Waals surface area contributed by atoms with E-state index in [1.54, 1.807) is 13.8 Å². The van der Waals surface area contributed by atoms with Gasteiger partial charge in [-0.25, -0.2) is 0 Å². The first-order chi connectivity index (χ1) is 24.2. The van der Waals surface area contributed by atoms with Gasteiger partial charge in [-0.1, -0.05) is 38.5 Å². The van der Waals surface area contributed by atoms with Crippen molar-refractivity contribution in [2.24, 2.45) is 0 Å². The Kier molecular flexibility index (Phi) is 28.1. The lowest BCUT2D eigenvalue weighted by Crippen LogP contribution is -2.41. The Morgan fingerprint density at radius 2 is 0.857 bits per heavy atom. The molecule has 0 aromatic rings. The molecule has 1 aliphatic rings. The van der Waals surface area contributed by atoms with Crippen molar-refractivity contribution in [3.05, 3.63) is 0 Å². The Morgan fingerprint density at radius 1 is 0.531 bits per heavy atom. The van der Waals surface area contributed by atoms with E-state index < -0.39 is 5.91 Å². The maximum atomic E-state index is 12.1. The van der Waals surface area contributed by atoms with Crippen LogP contribution in [-0.2, 0) is 4.79 Å². The number of carbonyl (C=O) groups is 1. The Hall–Kier alpha value is -7.65. The zero-order valence-electron chi connectivity index (χ0n) is 28.1. The van der Waals surface area contributed by atoms with Gasteiger partial charge in [-0.2, -0.15) is 0 Å². The zero-order chi connectivity index (χ0) is 35.9. The van der Waals surface area contributed by atoms with Crippen LogP contribution in [0.5, 0.6) is 0 Å². The zero-order valence-corrected chi connectivity index (χ0v) is 28.1. The molecule has 0 aromatic heterocycles. The van der Waals surface area contributed by atoms with Crippen molar-refractivity contribution >= 4 is 5.91 Å². The van der Waals surface area contributed by atoms with Crippen LogP contribution in [0, 0.1) is 189 Å². The monoisotopic (exact) mass is 688 g/mol. The molecule has 0 aliphatic carbocycles. The standard InChI is InChI=1S/C43H23N3O.C2H6.30H2/c1-4-7-9-11-13-15-17-19-21-23-25-27-29-31-33-35-42(47)44-37-39-46-41-40-45(38-6-3)43(46)36-34-32-30-28-26-24-22-20-18-16-14-12-10-8-5-2;1-2;;;;;;;;;;;;;;;;;;;;;;;;;;;;;;/h43H,6,37-41H2,1-3H3,(H,44,47);1-2H3;30*1H. The van der Waals surface area contributed by atoms with Gasteiger partial charge in [0.05, 0.1) is 0 Å². The highest BCUT2D eigenvalue weighted by atomic mass is 16.1. The van der Waals surface area contributed by atoms with Gasteiger partial charge in [0.25, 0.3) is 5.91 Å². The van der Waals surface area contributed by atoms with E-state index in [9.17, 15) is 4.79 Å². The predicted molar refractivity (Wildman–Crippen MR) is 261 cm³/mol. The summed E-state index contributed by atoms with van der Waals surface area (Å²) < 4.78 is 0. The van der Waals surface area contributed by atoms with Gasteiger partial charge in [0.2, 0.25) is 0 Å². The SMILES string of the molecule is CC.CC#CC#CC#CC#CC#CC#CC#CC#CC(=O)NCCN1CCN(CCC)C1C#CC#CC#CC#CC#CC#CC#CC#CC.[HH].[HH].[HH].[HH].[HH].[HH].[HH].[HH].[HH].[HH].[HH].[HH].[HH].[HH].[HH].[HH].[HH].[HH].[HH].[HH].[HH].[HH].[HH].[HH].[HH].[HH].[HH].[HH].[HH].[HH]. The van der Waals surface area contributed by atoms with E-state index in [0.29, 0.717) is 13.1 Å². The second-order valence-electron chi connectivity index (χ2n) is 7.97. The minimum atomic E-state index is -0.430. The molecule has 49 heavy (non-hydrogen) atoms. The van der Waals surface area contributed by atoms with Crippen LogP contribution in [0.2, 0.25) is 0 Å². The van der Waals surface area contributed by atoms with E-state index in [2.05, 4.69) is 211 Å². The average Bonchev–Trinajstić information content (AvgIpc) is 3.49. The molecule has 0 bridgehead atoms. The molecular formula is C45H89N3O. The lowest BCUT2D eigenvalue weighted by Gasteiger charge is -2.25. The number of rotatable bonds is 5. The van der Waals surface area contributed by atoms with Crippen molar-refractivity contribution in [1.29, 1.82) is 0 Å². The summed E-state index contributed by atoms with van der Waals surface area (Å²) in [6.07, 6.45) is 0.887. The van der Waals surface area contributed by atoms with Crippen LogP contribution in [0.15, 0.2) is 0 Å². The fourth-order valence-corrected chi connectivity index (χ4v) is 3.09. The van der Waals surface area contributed by atoms with E-state index in [4.69, 9.17) is 0 Å². The third kappa shape index (κ3) is 25.4. The first kappa shape index (κ1) is 41.4. The summed E-state index contributed by atoms with van der Waals surface area (Å²) in [5, 5.41) is 2.77. The molecular weight excluding hydrogens is 599 g/mol.